The highest BCUT2D eigenvalue weighted by molar-refractivity contribution is 6.01. The molecule has 1 amide bonds. The molecule has 0 radical (unpaired) electrons. The molecule has 0 saturated heterocycles. The van der Waals surface area contributed by atoms with Crippen LogP contribution in [0.4, 0.5) is 5.69 Å². The molecule has 0 aromatic carbocycles. The smallest absolute Gasteiger partial charge is 0.326 e. The average molecular weight is 279 g/mol. The van der Waals surface area contributed by atoms with E-state index in [2.05, 4.69) is 10.3 Å². The van der Waals surface area contributed by atoms with Crippen LogP contribution in [0.25, 0.3) is 0 Å². The molecule has 6 nitrogen and oxygen atoms in total. The minimum absolute atomic E-state index is 0.375. The number of rotatable bonds is 7. The lowest BCUT2D eigenvalue weighted by molar-refractivity contribution is -0.139. The summed E-state index contributed by atoms with van der Waals surface area (Å²) >= 11 is 0. The molecule has 20 heavy (non-hydrogen) atoms. The van der Waals surface area contributed by atoms with Crippen molar-refractivity contribution in [1.82, 2.24) is 10.3 Å². The maximum Gasteiger partial charge on any atom is 0.326 e. The van der Waals surface area contributed by atoms with Crippen LogP contribution in [0.1, 0.15) is 36.5 Å². The van der Waals surface area contributed by atoms with E-state index in [1.807, 2.05) is 21.0 Å². The highest BCUT2D eigenvalue weighted by Crippen LogP contribution is 2.16. The molecule has 0 saturated carbocycles. The molecule has 0 aliphatic heterocycles. The van der Waals surface area contributed by atoms with Crippen LogP contribution in [0.15, 0.2) is 18.5 Å². The first-order chi connectivity index (χ1) is 9.47. The molecule has 6 heteroatoms. The van der Waals surface area contributed by atoms with Crippen LogP contribution in [-0.2, 0) is 4.79 Å². The Labute approximate surface area is 118 Å². The number of carbonyl (C=O) groups excluding carboxylic acids is 1. The standard InChI is InChI=1S/C14H21N3O3/c1-4-5-6-11(14(19)20)16-13(18)10-9-15-8-7-12(10)17(2)3/h7-9,11H,4-6H2,1-3H3,(H,16,18)(H,19,20)/t11-/m0/s1. The van der Waals surface area contributed by atoms with Gasteiger partial charge in [-0.3, -0.25) is 9.78 Å². The molecular formula is C14H21N3O3. The third-order valence-corrected chi connectivity index (χ3v) is 2.97. The minimum Gasteiger partial charge on any atom is -0.480 e. The zero-order valence-electron chi connectivity index (χ0n) is 12.1. The molecule has 0 bridgehead atoms. The first kappa shape index (κ1) is 15.9. The largest absolute Gasteiger partial charge is 0.480 e. The summed E-state index contributed by atoms with van der Waals surface area (Å²) in [5.41, 5.74) is 1.08. The van der Waals surface area contributed by atoms with Gasteiger partial charge in [0.05, 0.1) is 11.3 Å². The first-order valence-corrected chi connectivity index (χ1v) is 6.62. The Balaban J connectivity index is 2.86. The van der Waals surface area contributed by atoms with Crippen LogP contribution in [0, 0.1) is 0 Å². The fourth-order valence-electron chi connectivity index (χ4n) is 1.85. The van der Waals surface area contributed by atoms with Gasteiger partial charge in [-0.15, -0.1) is 0 Å². The van der Waals surface area contributed by atoms with Crippen LogP contribution in [0.3, 0.4) is 0 Å². The predicted octanol–water partition coefficient (Wildman–Crippen LogP) is 1.52. The quantitative estimate of drug-likeness (QED) is 0.790. The van der Waals surface area contributed by atoms with Gasteiger partial charge < -0.3 is 15.3 Å². The maximum absolute atomic E-state index is 12.2. The average Bonchev–Trinajstić information content (AvgIpc) is 2.42. The van der Waals surface area contributed by atoms with Gasteiger partial charge in [0.15, 0.2) is 0 Å². The van der Waals surface area contributed by atoms with Gasteiger partial charge in [-0.05, 0) is 12.5 Å². The molecule has 0 unspecified atom stereocenters. The van der Waals surface area contributed by atoms with Crippen molar-refractivity contribution in [1.29, 1.82) is 0 Å². The van der Waals surface area contributed by atoms with Crippen LogP contribution in [0.5, 0.6) is 0 Å². The number of nitrogens with one attached hydrogen (secondary N) is 1. The maximum atomic E-state index is 12.2. The lowest BCUT2D eigenvalue weighted by Gasteiger charge is -2.18. The van der Waals surface area contributed by atoms with E-state index >= 15 is 0 Å². The van der Waals surface area contributed by atoms with Crippen LogP contribution >= 0.6 is 0 Å². The summed E-state index contributed by atoms with van der Waals surface area (Å²) in [7, 11) is 3.63. The zero-order chi connectivity index (χ0) is 15.1. The van der Waals surface area contributed by atoms with Crippen molar-refractivity contribution >= 4 is 17.6 Å². The topological polar surface area (TPSA) is 82.5 Å². The van der Waals surface area contributed by atoms with Crippen molar-refractivity contribution in [3.63, 3.8) is 0 Å². The summed E-state index contributed by atoms with van der Waals surface area (Å²) in [6.45, 7) is 1.98. The third kappa shape index (κ3) is 4.22. The number of unbranched alkanes of at least 4 members (excludes halogenated alkanes) is 1. The van der Waals surface area contributed by atoms with Crippen molar-refractivity contribution in [2.24, 2.45) is 0 Å². The Hall–Kier alpha value is -2.11. The zero-order valence-corrected chi connectivity index (χ0v) is 12.1. The monoisotopic (exact) mass is 279 g/mol. The Kier molecular flexibility index (Phi) is 5.96. The molecule has 2 N–H and O–H groups in total. The molecule has 1 heterocycles. The molecule has 1 rings (SSSR count). The number of amides is 1. The van der Waals surface area contributed by atoms with Gasteiger partial charge in [0, 0.05) is 26.5 Å². The number of aliphatic carboxylic acids is 1. The summed E-state index contributed by atoms with van der Waals surface area (Å²) in [4.78, 5) is 29.1. The van der Waals surface area contributed by atoms with E-state index in [0.717, 1.165) is 12.8 Å². The van der Waals surface area contributed by atoms with E-state index in [0.29, 0.717) is 17.7 Å². The normalized spacial score (nSPS) is 11.8. The molecule has 1 aromatic heterocycles. The number of hydrogen-bond acceptors (Lipinski definition) is 4. The van der Waals surface area contributed by atoms with Gasteiger partial charge in [0.2, 0.25) is 0 Å². The van der Waals surface area contributed by atoms with E-state index in [-0.39, 0.29) is 0 Å². The summed E-state index contributed by atoms with van der Waals surface area (Å²) in [5, 5.41) is 11.7. The minimum atomic E-state index is -1.01. The van der Waals surface area contributed by atoms with Crippen molar-refractivity contribution in [2.45, 2.75) is 32.2 Å². The molecule has 0 aliphatic carbocycles. The number of carboxylic acids is 1. The second kappa shape index (κ2) is 7.47. The fraction of sp³-hybridized carbons (Fsp3) is 0.500. The summed E-state index contributed by atoms with van der Waals surface area (Å²) < 4.78 is 0. The van der Waals surface area contributed by atoms with Crippen molar-refractivity contribution in [3.8, 4) is 0 Å². The SMILES string of the molecule is CCCC[C@H](NC(=O)c1cnccc1N(C)C)C(=O)O. The number of pyridine rings is 1. The molecule has 1 aromatic rings. The molecule has 0 aliphatic rings. The van der Waals surface area contributed by atoms with Crippen LogP contribution in [-0.4, -0.2) is 42.1 Å². The lowest BCUT2D eigenvalue weighted by Crippen LogP contribution is -2.41. The van der Waals surface area contributed by atoms with Crippen LogP contribution in [0.2, 0.25) is 0 Å². The molecule has 1 atom stereocenters. The van der Waals surface area contributed by atoms with E-state index < -0.39 is 17.9 Å². The lowest BCUT2D eigenvalue weighted by atomic mass is 10.1. The Morgan fingerprint density at radius 2 is 2.15 bits per heavy atom. The second-order valence-corrected chi connectivity index (χ2v) is 4.79. The molecule has 0 spiro atoms. The van der Waals surface area contributed by atoms with Gasteiger partial charge in [-0.2, -0.15) is 0 Å². The van der Waals surface area contributed by atoms with Gasteiger partial charge in [0.1, 0.15) is 6.04 Å². The number of anilines is 1. The van der Waals surface area contributed by atoms with E-state index in [1.165, 1.54) is 6.20 Å². The van der Waals surface area contributed by atoms with Crippen molar-refractivity contribution in [3.05, 3.63) is 24.0 Å². The highest BCUT2D eigenvalue weighted by atomic mass is 16.4. The van der Waals surface area contributed by atoms with Crippen LogP contribution < -0.4 is 10.2 Å². The number of carboxylic acid groups (broad SMARTS) is 1. The van der Waals surface area contributed by atoms with Crippen molar-refractivity contribution < 1.29 is 14.7 Å². The number of nitrogens with zero attached hydrogens (tertiary/aromatic N) is 2. The van der Waals surface area contributed by atoms with Gasteiger partial charge in [-0.1, -0.05) is 19.8 Å². The third-order valence-electron chi connectivity index (χ3n) is 2.97. The number of carbonyl (C=O) groups is 2. The van der Waals surface area contributed by atoms with Gasteiger partial charge in [0.25, 0.3) is 5.91 Å². The summed E-state index contributed by atoms with van der Waals surface area (Å²) in [5.74, 6) is -1.42. The predicted molar refractivity (Wildman–Crippen MR) is 77.0 cm³/mol. The molecular weight excluding hydrogens is 258 g/mol. The first-order valence-electron chi connectivity index (χ1n) is 6.62. The van der Waals surface area contributed by atoms with E-state index in [1.54, 1.807) is 17.2 Å². The van der Waals surface area contributed by atoms with Gasteiger partial charge in [-0.25, -0.2) is 4.79 Å². The Bertz CT molecular complexity index is 474. The second-order valence-electron chi connectivity index (χ2n) is 4.79. The van der Waals surface area contributed by atoms with Gasteiger partial charge >= 0.3 is 5.97 Å². The number of aromatic nitrogens is 1. The Morgan fingerprint density at radius 3 is 2.70 bits per heavy atom. The summed E-state index contributed by atoms with van der Waals surface area (Å²) in [6, 6.07) is 0.856. The Morgan fingerprint density at radius 1 is 1.45 bits per heavy atom. The van der Waals surface area contributed by atoms with Crippen molar-refractivity contribution in [2.75, 3.05) is 19.0 Å². The number of hydrogen-bond donors (Lipinski definition) is 2. The van der Waals surface area contributed by atoms with E-state index in [4.69, 9.17) is 5.11 Å². The molecule has 110 valence electrons. The fourth-order valence-corrected chi connectivity index (χ4v) is 1.85. The summed E-state index contributed by atoms with van der Waals surface area (Å²) in [6.07, 6.45) is 5.11. The van der Waals surface area contributed by atoms with E-state index in [9.17, 15) is 9.59 Å². The molecule has 0 fully saturated rings. The highest BCUT2D eigenvalue weighted by Gasteiger charge is 2.22.